The van der Waals surface area contributed by atoms with Gasteiger partial charge in [-0.3, -0.25) is 14.9 Å². The predicted molar refractivity (Wildman–Crippen MR) is 63.2 cm³/mol. The van der Waals surface area contributed by atoms with Crippen LogP contribution in [0.15, 0.2) is 30.3 Å². The summed E-state index contributed by atoms with van der Waals surface area (Å²) in [6.45, 7) is 1.89. The zero-order valence-electron chi connectivity index (χ0n) is 9.90. The number of hydroxylamine groups is 1. The summed E-state index contributed by atoms with van der Waals surface area (Å²) in [6.07, 6.45) is 0.621. The van der Waals surface area contributed by atoms with Crippen molar-refractivity contribution in [1.82, 2.24) is 10.8 Å². The highest BCUT2D eigenvalue weighted by Gasteiger charge is 2.20. The summed E-state index contributed by atoms with van der Waals surface area (Å²) in [7, 11) is 1.30. The third-order valence-electron chi connectivity index (χ3n) is 2.36. The number of imide groups is 1. The second-order valence-electron chi connectivity index (χ2n) is 3.50. The van der Waals surface area contributed by atoms with Gasteiger partial charge in [0.05, 0.1) is 13.0 Å². The second-order valence-corrected chi connectivity index (χ2v) is 3.50. The zero-order valence-corrected chi connectivity index (χ0v) is 9.90. The highest BCUT2D eigenvalue weighted by Crippen LogP contribution is 2.18. The normalized spacial score (nSPS) is 11.6. The molecule has 5 heteroatoms. The van der Waals surface area contributed by atoms with Gasteiger partial charge in [0.15, 0.2) is 0 Å². The molecule has 0 fully saturated rings. The highest BCUT2D eigenvalue weighted by molar-refractivity contribution is 5.97. The summed E-state index contributed by atoms with van der Waals surface area (Å²) in [4.78, 5) is 27.4. The third kappa shape index (κ3) is 3.88. The van der Waals surface area contributed by atoms with Crippen molar-refractivity contribution >= 4 is 11.9 Å². The van der Waals surface area contributed by atoms with Crippen molar-refractivity contribution in [3.63, 3.8) is 0 Å². The fourth-order valence-corrected chi connectivity index (χ4v) is 1.58. The standard InChI is InChI=1S/C12H16N2O3/c1-3-10(9-7-5-4-6-8-9)11(15)13-12(16)14-17-2/h4-8,10H,3H2,1-2H3,(H2,13,14,15,16)/t10-/m0/s1. The number of hydrogen-bond donors (Lipinski definition) is 2. The molecule has 0 aliphatic heterocycles. The molecular weight excluding hydrogens is 220 g/mol. The molecule has 17 heavy (non-hydrogen) atoms. The van der Waals surface area contributed by atoms with Crippen LogP contribution >= 0.6 is 0 Å². The van der Waals surface area contributed by atoms with Gasteiger partial charge in [-0.05, 0) is 12.0 Å². The Morgan fingerprint density at radius 3 is 2.47 bits per heavy atom. The maximum Gasteiger partial charge on any atom is 0.345 e. The van der Waals surface area contributed by atoms with E-state index in [-0.39, 0.29) is 11.8 Å². The average molecular weight is 236 g/mol. The molecule has 0 saturated carbocycles. The van der Waals surface area contributed by atoms with E-state index >= 15 is 0 Å². The third-order valence-corrected chi connectivity index (χ3v) is 2.36. The Morgan fingerprint density at radius 1 is 1.29 bits per heavy atom. The smallest absolute Gasteiger partial charge is 0.276 e. The van der Waals surface area contributed by atoms with Crippen LogP contribution in [-0.2, 0) is 9.63 Å². The molecule has 92 valence electrons. The number of hydrogen-bond acceptors (Lipinski definition) is 3. The lowest BCUT2D eigenvalue weighted by Gasteiger charge is -2.14. The first-order chi connectivity index (χ1) is 8.19. The summed E-state index contributed by atoms with van der Waals surface area (Å²) >= 11 is 0. The van der Waals surface area contributed by atoms with Crippen LogP contribution in [0.4, 0.5) is 4.79 Å². The number of nitrogens with one attached hydrogen (secondary N) is 2. The summed E-state index contributed by atoms with van der Waals surface area (Å²) in [5.41, 5.74) is 2.92. The number of carbonyl (C=O) groups excluding carboxylic acids is 2. The number of carbonyl (C=O) groups is 2. The maximum absolute atomic E-state index is 11.8. The maximum atomic E-state index is 11.8. The Morgan fingerprint density at radius 2 is 1.94 bits per heavy atom. The first-order valence-electron chi connectivity index (χ1n) is 5.37. The Kier molecular flexibility index (Phi) is 5.16. The molecule has 0 aliphatic rings. The summed E-state index contributed by atoms with van der Waals surface area (Å²) in [5, 5.41) is 2.22. The van der Waals surface area contributed by atoms with E-state index in [1.807, 2.05) is 42.7 Å². The van der Waals surface area contributed by atoms with Crippen molar-refractivity contribution in [1.29, 1.82) is 0 Å². The van der Waals surface area contributed by atoms with Gasteiger partial charge in [-0.2, -0.15) is 0 Å². The second kappa shape index (κ2) is 6.65. The molecule has 0 aromatic heterocycles. The fraction of sp³-hybridized carbons (Fsp3) is 0.333. The summed E-state index contributed by atoms with van der Waals surface area (Å²) in [6, 6.07) is 8.67. The Bertz CT molecular complexity index is 379. The van der Waals surface area contributed by atoms with Crippen LogP contribution in [0.5, 0.6) is 0 Å². The first kappa shape index (κ1) is 13.2. The van der Waals surface area contributed by atoms with Crippen molar-refractivity contribution in [2.24, 2.45) is 0 Å². The quantitative estimate of drug-likeness (QED) is 0.780. The molecule has 0 saturated heterocycles. The Balaban J connectivity index is 2.68. The highest BCUT2D eigenvalue weighted by atomic mass is 16.6. The van der Waals surface area contributed by atoms with Crippen LogP contribution < -0.4 is 10.8 Å². The van der Waals surface area contributed by atoms with Gasteiger partial charge in [0.2, 0.25) is 5.91 Å². The van der Waals surface area contributed by atoms with Crippen molar-refractivity contribution < 1.29 is 14.4 Å². The molecule has 0 heterocycles. The Hall–Kier alpha value is -1.88. The van der Waals surface area contributed by atoms with Gasteiger partial charge in [-0.1, -0.05) is 37.3 Å². The van der Waals surface area contributed by atoms with E-state index in [1.165, 1.54) is 7.11 Å². The van der Waals surface area contributed by atoms with E-state index in [1.54, 1.807) is 0 Å². The molecule has 0 aliphatic carbocycles. The van der Waals surface area contributed by atoms with E-state index in [4.69, 9.17) is 0 Å². The van der Waals surface area contributed by atoms with Crippen molar-refractivity contribution in [3.8, 4) is 0 Å². The van der Waals surface area contributed by atoms with E-state index in [0.717, 1.165) is 5.56 Å². The topological polar surface area (TPSA) is 67.4 Å². The zero-order chi connectivity index (χ0) is 12.7. The SMILES string of the molecule is CC[C@H](C(=O)NC(=O)NOC)c1ccccc1. The van der Waals surface area contributed by atoms with E-state index in [2.05, 4.69) is 10.2 Å². The molecule has 0 unspecified atom stereocenters. The minimum absolute atomic E-state index is 0.334. The predicted octanol–water partition coefficient (Wildman–Crippen LogP) is 1.57. The monoisotopic (exact) mass is 236 g/mol. The van der Waals surface area contributed by atoms with Crippen LogP contribution in [0, 0.1) is 0 Å². The molecule has 1 rings (SSSR count). The van der Waals surface area contributed by atoms with Crippen LogP contribution in [0.2, 0.25) is 0 Å². The number of amides is 3. The number of urea groups is 1. The lowest BCUT2D eigenvalue weighted by Crippen LogP contribution is -2.41. The molecule has 0 bridgehead atoms. The van der Waals surface area contributed by atoms with E-state index in [9.17, 15) is 9.59 Å². The first-order valence-corrected chi connectivity index (χ1v) is 5.37. The van der Waals surface area contributed by atoms with E-state index in [0.29, 0.717) is 6.42 Å². The number of benzene rings is 1. The molecule has 0 spiro atoms. The summed E-state index contributed by atoms with van der Waals surface area (Å²) < 4.78 is 0. The van der Waals surface area contributed by atoms with Crippen molar-refractivity contribution in [3.05, 3.63) is 35.9 Å². The van der Waals surface area contributed by atoms with E-state index < -0.39 is 6.03 Å². The van der Waals surface area contributed by atoms with Gasteiger partial charge < -0.3 is 0 Å². The van der Waals surface area contributed by atoms with Gasteiger partial charge in [0, 0.05) is 0 Å². The minimum Gasteiger partial charge on any atom is -0.276 e. The molecule has 1 atom stereocenters. The lowest BCUT2D eigenvalue weighted by molar-refractivity contribution is -0.121. The van der Waals surface area contributed by atoms with Crippen LogP contribution in [0.3, 0.4) is 0 Å². The molecule has 0 radical (unpaired) electrons. The minimum atomic E-state index is -0.660. The van der Waals surface area contributed by atoms with Crippen molar-refractivity contribution in [2.75, 3.05) is 7.11 Å². The molecule has 5 nitrogen and oxygen atoms in total. The van der Waals surface area contributed by atoms with Crippen LogP contribution in [0.1, 0.15) is 24.8 Å². The fourth-order valence-electron chi connectivity index (χ4n) is 1.58. The molecule has 1 aromatic carbocycles. The number of rotatable bonds is 4. The largest absolute Gasteiger partial charge is 0.345 e. The Labute approximate surface area is 100 Å². The average Bonchev–Trinajstić information content (AvgIpc) is 2.31. The van der Waals surface area contributed by atoms with Gasteiger partial charge in [-0.15, -0.1) is 0 Å². The molecular formula is C12H16N2O3. The summed E-state index contributed by atoms with van der Waals surface area (Å²) in [5.74, 6) is -0.674. The molecule has 1 aromatic rings. The van der Waals surface area contributed by atoms with Gasteiger partial charge >= 0.3 is 6.03 Å². The van der Waals surface area contributed by atoms with Crippen LogP contribution in [0.25, 0.3) is 0 Å². The molecule has 3 amide bonds. The van der Waals surface area contributed by atoms with Gasteiger partial charge in [0.1, 0.15) is 0 Å². The molecule has 2 N–H and O–H groups in total. The van der Waals surface area contributed by atoms with Crippen LogP contribution in [-0.4, -0.2) is 19.0 Å². The van der Waals surface area contributed by atoms with Crippen molar-refractivity contribution in [2.45, 2.75) is 19.3 Å². The van der Waals surface area contributed by atoms with Gasteiger partial charge in [0.25, 0.3) is 0 Å². The van der Waals surface area contributed by atoms with Gasteiger partial charge in [-0.25, -0.2) is 10.3 Å². The lowest BCUT2D eigenvalue weighted by atomic mass is 9.96.